The van der Waals surface area contributed by atoms with E-state index >= 15 is 0 Å². The van der Waals surface area contributed by atoms with Gasteiger partial charge < -0.3 is 15.8 Å². The standard InChI is InChI=1S/C14H20N2O4/c1-13(2,12(15)19)7-5-11(18)16-14-6-3-4-10(14)20-8-9(14)17/h3-4,10H,5-8H2,1-2H3,(H2,15,19)(H,16,18). The fourth-order valence-corrected chi connectivity index (χ4v) is 2.47. The minimum Gasteiger partial charge on any atom is -0.369 e. The SMILES string of the molecule is CC(C)(CCC(=O)NC12CC=CC1OCC2=O)C(N)=O. The summed E-state index contributed by atoms with van der Waals surface area (Å²) < 4.78 is 5.35. The average molecular weight is 280 g/mol. The monoisotopic (exact) mass is 280 g/mol. The lowest BCUT2D eigenvalue weighted by molar-refractivity contribution is -0.131. The summed E-state index contributed by atoms with van der Waals surface area (Å²) in [5.41, 5.74) is 3.60. The van der Waals surface area contributed by atoms with Gasteiger partial charge in [-0.3, -0.25) is 14.4 Å². The van der Waals surface area contributed by atoms with Crippen LogP contribution < -0.4 is 11.1 Å². The molecule has 0 bridgehead atoms. The molecule has 0 spiro atoms. The Morgan fingerprint density at radius 3 is 2.90 bits per heavy atom. The Balaban J connectivity index is 1.95. The first kappa shape index (κ1) is 14.7. The van der Waals surface area contributed by atoms with Gasteiger partial charge in [-0.05, 0) is 12.8 Å². The van der Waals surface area contributed by atoms with Crippen molar-refractivity contribution in [2.24, 2.45) is 11.1 Å². The van der Waals surface area contributed by atoms with Gasteiger partial charge in [-0.1, -0.05) is 26.0 Å². The summed E-state index contributed by atoms with van der Waals surface area (Å²) in [6.07, 6.45) is 4.23. The zero-order chi connectivity index (χ0) is 15.0. The molecule has 2 amide bonds. The molecule has 6 nitrogen and oxygen atoms in total. The predicted octanol–water partition coefficient (Wildman–Crippen LogP) is 0.0609. The third-order valence-electron chi connectivity index (χ3n) is 4.13. The molecular weight excluding hydrogens is 260 g/mol. The van der Waals surface area contributed by atoms with Crippen molar-refractivity contribution in [3.8, 4) is 0 Å². The van der Waals surface area contributed by atoms with Crippen molar-refractivity contribution >= 4 is 17.6 Å². The van der Waals surface area contributed by atoms with E-state index in [9.17, 15) is 14.4 Å². The second-order valence-corrected chi connectivity index (χ2v) is 6.05. The van der Waals surface area contributed by atoms with E-state index in [-0.39, 0.29) is 30.8 Å². The Morgan fingerprint density at radius 1 is 1.55 bits per heavy atom. The van der Waals surface area contributed by atoms with E-state index < -0.39 is 16.9 Å². The number of carbonyl (C=O) groups excluding carboxylic acids is 3. The van der Waals surface area contributed by atoms with Crippen molar-refractivity contribution in [3.05, 3.63) is 12.2 Å². The maximum absolute atomic E-state index is 12.1. The van der Waals surface area contributed by atoms with Crippen molar-refractivity contribution < 1.29 is 19.1 Å². The number of ketones is 1. The van der Waals surface area contributed by atoms with E-state index in [1.165, 1.54) is 0 Å². The molecule has 2 unspecified atom stereocenters. The molecule has 6 heteroatoms. The lowest BCUT2D eigenvalue weighted by Gasteiger charge is -2.28. The highest BCUT2D eigenvalue weighted by molar-refractivity contribution is 5.97. The summed E-state index contributed by atoms with van der Waals surface area (Å²) in [5.74, 6) is -0.800. The number of carbonyl (C=O) groups is 3. The molecule has 0 aromatic rings. The summed E-state index contributed by atoms with van der Waals surface area (Å²) in [6, 6.07) is 0. The van der Waals surface area contributed by atoms with Gasteiger partial charge in [-0.25, -0.2) is 0 Å². The van der Waals surface area contributed by atoms with Gasteiger partial charge in [0, 0.05) is 11.8 Å². The van der Waals surface area contributed by atoms with Gasteiger partial charge in [0.15, 0.2) is 5.78 Å². The zero-order valence-electron chi connectivity index (χ0n) is 11.8. The van der Waals surface area contributed by atoms with Gasteiger partial charge in [-0.15, -0.1) is 0 Å². The minimum absolute atomic E-state index is 0.0298. The van der Waals surface area contributed by atoms with Crippen LogP contribution in [0.5, 0.6) is 0 Å². The molecule has 1 aliphatic carbocycles. The van der Waals surface area contributed by atoms with Crippen molar-refractivity contribution in [3.63, 3.8) is 0 Å². The summed E-state index contributed by atoms with van der Waals surface area (Å²) >= 11 is 0. The van der Waals surface area contributed by atoms with E-state index in [0.717, 1.165) is 0 Å². The van der Waals surface area contributed by atoms with Crippen LogP contribution in [0, 0.1) is 5.41 Å². The molecule has 2 aliphatic rings. The fourth-order valence-electron chi connectivity index (χ4n) is 2.47. The quantitative estimate of drug-likeness (QED) is 0.696. The molecule has 20 heavy (non-hydrogen) atoms. The molecule has 0 aromatic heterocycles. The highest BCUT2D eigenvalue weighted by atomic mass is 16.5. The second kappa shape index (κ2) is 5.01. The first-order valence-electron chi connectivity index (χ1n) is 6.70. The Hall–Kier alpha value is -1.69. The summed E-state index contributed by atoms with van der Waals surface area (Å²) in [4.78, 5) is 35.2. The Labute approximate surface area is 117 Å². The number of hydrogen-bond acceptors (Lipinski definition) is 4. The van der Waals surface area contributed by atoms with Crippen molar-refractivity contribution in [2.45, 2.75) is 44.8 Å². The molecular formula is C14H20N2O4. The van der Waals surface area contributed by atoms with Gasteiger partial charge in [0.05, 0.1) is 0 Å². The molecule has 2 rings (SSSR count). The number of fused-ring (bicyclic) bond motifs is 1. The van der Waals surface area contributed by atoms with Crippen molar-refractivity contribution in [1.29, 1.82) is 0 Å². The molecule has 2 atom stereocenters. The number of ether oxygens (including phenoxy) is 1. The normalized spacial score (nSPS) is 28.5. The number of nitrogens with one attached hydrogen (secondary N) is 1. The summed E-state index contributed by atoms with van der Waals surface area (Å²) in [6.45, 7) is 3.43. The molecule has 0 saturated carbocycles. The van der Waals surface area contributed by atoms with Crippen LogP contribution in [0.3, 0.4) is 0 Å². The largest absolute Gasteiger partial charge is 0.369 e. The van der Waals surface area contributed by atoms with Gasteiger partial charge in [0.1, 0.15) is 18.2 Å². The van der Waals surface area contributed by atoms with E-state index in [1.807, 2.05) is 6.08 Å². The van der Waals surface area contributed by atoms with Gasteiger partial charge in [0.2, 0.25) is 11.8 Å². The topological polar surface area (TPSA) is 98.5 Å². The van der Waals surface area contributed by atoms with Gasteiger partial charge >= 0.3 is 0 Å². The van der Waals surface area contributed by atoms with Gasteiger partial charge in [-0.2, -0.15) is 0 Å². The second-order valence-electron chi connectivity index (χ2n) is 6.05. The average Bonchev–Trinajstić information content (AvgIpc) is 2.88. The molecule has 1 saturated heterocycles. The maximum atomic E-state index is 12.1. The number of Topliss-reactive ketones (excluding diaryl/α,β-unsaturated/α-hetero) is 1. The third kappa shape index (κ3) is 2.47. The molecule has 1 fully saturated rings. The van der Waals surface area contributed by atoms with E-state index in [2.05, 4.69) is 5.32 Å². The van der Waals surface area contributed by atoms with E-state index in [1.54, 1.807) is 19.9 Å². The zero-order valence-corrected chi connectivity index (χ0v) is 11.8. The van der Waals surface area contributed by atoms with Crippen LogP contribution in [-0.4, -0.2) is 35.8 Å². The van der Waals surface area contributed by atoms with Crippen LogP contribution in [-0.2, 0) is 19.1 Å². The van der Waals surface area contributed by atoms with Crippen LogP contribution in [0.2, 0.25) is 0 Å². The number of amides is 2. The van der Waals surface area contributed by atoms with Crippen LogP contribution in [0.1, 0.15) is 33.1 Å². The van der Waals surface area contributed by atoms with E-state index in [4.69, 9.17) is 10.5 Å². The minimum atomic E-state index is -0.937. The molecule has 1 heterocycles. The Kier molecular flexibility index (Phi) is 3.69. The fraction of sp³-hybridized carbons (Fsp3) is 0.643. The van der Waals surface area contributed by atoms with E-state index in [0.29, 0.717) is 12.8 Å². The van der Waals surface area contributed by atoms with Crippen LogP contribution in [0.4, 0.5) is 0 Å². The smallest absolute Gasteiger partial charge is 0.223 e. The first-order chi connectivity index (χ1) is 9.28. The number of nitrogens with two attached hydrogens (primary N) is 1. The molecule has 0 radical (unpaired) electrons. The number of hydrogen-bond donors (Lipinski definition) is 2. The van der Waals surface area contributed by atoms with Gasteiger partial charge in [0.25, 0.3) is 0 Å². The van der Waals surface area contributed by atoms with Crippen molar-refractivity contribution in [2.75, 3.05) is 6.61 Å². The summed E-state index contributed by atoms with van der Waals surface area (Å²) in [5, 5.41) is 2.79. The molecule has 3 N–H and O–H groups in total. The summed E-state index contributed by atoms with van der Waals surface area (Å²) in [7, 11) is 0. The first-order valence-corrected chi connectivity index (χ1v) is 6.70. The molecule has 110 valence electrons. The number of rotatable bonds is 5. The predicted molar refractivity (Wildman–Crippen MR) is 71.6 cm³/mol. The Morgan fingerprint density at radius 2 is 2.25 bits per heavy atom. The molecule has 0 aromatic carbocycles. The Bertz CT molecular complexity index is 484. The highest BCUT2D eigenvalue weighted by Crippen LogP contribution is 2.33. The molecule has 1 aliphatic heterocycles. The van der Waals surface area contributed by atoms with Crippen molar-refractivity contribution in [1.82, 2.24) is 5.32 Å². The third-order valence-corrected chi connectivity index (χ3v) is 4.13. The maximum Gasteiger partial charge on any atom is 0.223 e. The number of primary amides is 1. The lowest BCUT2D eigenvalue weighted by atomic mass is 9.86. The van der Waals surface area contributed by atoms with Crippen LogP contribution in [0.15, 0.2) is 12.2 Å². The lowest BCUT2D eigenvalue weighted by Crippen LogP contribution is -2.56. The van der Waals surface area contributed by atoms with Crippen LogP contribution in [0.25, 0.3) is 0 Å². The highest BCUT2D eigenvalue weighted by Gasteiger charge is 2.52. The van der Waals surface area contributed by atoms with Crippen LogP contribution >= 0.6 is 0 Å².